The fraction of sp³-hybridized carbons (Fsp3) is 0.282. The second-order valence-electron chi connectivity index (χ2n) is 13.2. The molecule has 6 atom stereocenters. The van der Waals surface area contributed by atoms with Crippen LogP contribution >= 0.6 is 7.41 Å². The number of fused-ring (bicyclic) bond motifs is 5. The van der Waals surface area contributed by atoms with Crippen LogP contribution in [0.1, 0.15) is 55.1 Å². The number of hydrogen-bond acceptors (Lipinski definition) is 4. The fourth-order valence-electron chi connectivity index (χ4n) is 8.83. The molecule has 3 saturated heterocycles. The van der Waals surface area contributed by atoms with Crippen LogP contribution in [0.2, 0.25) is 0 Å². The van der Waals surface area contributed by atoms with Crippen LogP contribution in [0, 0.1) is 11.8 Å². The molecule has 2 bridgehead atoms. The van der Waals surface area contributed by atoms with Gasteiger partial charge >= 0.3 is 267 Å². The number of amides is 1. The molecule has 0 radical (unpaired) electrons. The number of aromatic nitrogens is 1. The zero-order chi connectivity index (χ0) is 30.5. The van der Waals surface area contributed by atoms with Crippen molar-refractivity contribution in [1.29, 1.82) is 0 Å². The molecular weight excluding hydrogens is 571 g/mol. The summed E-state index contributed by atoms with van der Waals surface area (Å²) in [5.74, 6) is 1.42. The topological polar surface area (TPSA) is 48.5 Å². The number of hydrogen-bond donors (Lipinski definition) is 1. The summed E-state index contributed by atoms with van der Waals surface area (Å²) in [7, 11) is -2.92. The van der Waals surface area contributed by atoms with Crippen molar-refractivity contribution in [2.24, 2.45) is 11.8 Å². The Bertz CT molecular complexity index is 1800. The molecule has 5 aromatic rings. The number of piperidine rings is 3. The van der Waals surface area contributed by atoms with Gasteiger partial charge in [0.2, 0.25) is 0 Å². The van der Waals surface area contributed by atoms with E-state index in [-0.39, 0.29) is 18.0 Å². The monoisotopic (exact) mass is 612 g/mol. The summed E-state index contributed by atoms with van der Waals surface area (Å²) in [6.45, 7) is 5.82. The van der Waals surface area contributed by atoms with E-state index in [2.05, 4.69) is 132 Å². The molecule has 228 valence electrons. The summed E-state index contributed by atoms with van der Waals surface area (Å²) >= 11 is 0. The molecule has 9 rings (SSSR count). The average molecular weight is 613 g/mol. The van der Waals surface area contributed by atoms with E-state index in [9.17, 15) is 0 Å². The van der Waals surface area contributed by atoms with Crippen LogP contribution in [0.15, 0.2) is 121 Å². The van der Waals surface area contributed by atoms with Crippen molar-refractivity contribution < 1.29 is 4.79 Å². The average Bonchev–Trinajstić information content (AvgIpc) is 3.10. The number of para-hydroxylation sites is 1. The van der Waals surface area contributed by atoms with E-state index in [0.29, 0.717) is 17.9 Å². The van der Waals surface area contributed by atoms with Gasteiger partial charge < -0.3 is 0 Å². The number of hydrazine groups is 1. The fourth-order valence-corrected chi connectivity index (χ4v) is 13.1. The van der Waals surface area contributed by atoms with Crippen molar-refractivity contribution in [2.45, 2.75) is 51.2 Å². The predicted molar refractivity (Wildman–Crippen MR) is 187 cm³/mol. The minimum atomic E-state index is -2.92. The quantitative estimate of drug-likeness (QED) is 0.226. The molecule has 2 unspecified atom stereocenters. The van der Waals surface area contributed by atoms with Gasteiger partial charge in [0.1, 0.15) is 0 Å². The van der Waals surface area contributed by atoms with E-state index in [4.69, 9.17) is 4.98 Å². The van der Waals surface area contributed by atoms with Crippen molar-refractivity contribution in [3.8, 4) is 0 Å². The number of pyridine rings is 1. The summed E-state index contributed by atoms with van der Waals surface area (Å²) in [6.07, 6.45) is 5.45. The molecule has 4 aliphatic heterocycles. The van der Waals surface area contributed by atoms with Crippen LogP contribution in [0.3, 0.4) is 0 Å². The molecule has 5 heterocycles. The van der Waals surface area contributed by atoms with Crippen molar-refractivity contribution in [3.05, 3.63) is 133 Å². The molecule has 3 fully saturated rings. The second-order valence-corrected chi connectivity index (χ2v) is 16.6. The molecule has 6 heteroatoms. The molecule has 0 saturated carbocycles. The zero-order valence-corrected chi connectivity index (χ0v) is 27.0. The molecule has 4 aliphatic rings. The summed E-state index contributed by atoms with van der Waals surface area (Å²) in [5.41, 5.74) is 2.94. The van der Waals surface area contributed by atoms with E-state index in [1.54, 1.807) is 0 Å². The van der Waals surface area contributed by atoms with E-state index in [1.807, 2.05) is 18.3 Å². The number of carbonyl (C=O) groups is 1. The van der Waals surface area contributed by atoms with Crippen molar-refractivity contribution >= 4 is 40.1 Å². The van der Waals surface area contributed by atoms with E-state index in [1.165, 1.54) is 29.0 Å². The third-order valence-electron chi connectivity index (χ3n) is 10.9. The van der Waals surface area contributed by atoms with Gasteiger partial charge in [0, 0.05) is 0 Å². The van der Waals surface area contributed by atoms with Crippen LogP contribution in [0.25, 0.3) is 10.9 Å². The Balaban J connectivity index is 1.38. The molecule has 5 nitrogen and oxygen atoms in total. The molecule has 0 aliphatic carbocycles. The molecular formula is C39H41N4OP. The third-order valence-corrected chi connectivity index (χ3v) is 15.2. The summed E-state index contributed by atoms with van der Waals surface area (Å²) < 4.78 is 0. The van der Waals surface area contributed by atoms with Gasteiger partial charge in [-0.05, 0) is 0 Å². The maximum atomic E-state index is 15.0. The summed E-state index contributed by atoms with van der Waals surface area (Å²) in [5, 5.41) is 10.9. The number of benzene rings is 4. The zero-order valence-electron chi connectivity index (χ0n) is 26.0. The van der Waals surface area contributed by atoms with Gasteiger partial charge in [0.25, 0.3) is 0 Å². The first-order valence-electron chi connectivity index (χ1n) is 16.5. The van der Waals surface area contributed by atoms with Crippen LogP contribution in [-0.4, -0.2) is 39.4 Å². The number of rotatable bonds is 6. The van der Waals surface area contributed by atoms with Crippen molar-refractivity contribution in [1.82, 2.24) is 20.1 Å². The van der Waals surface area contributed by atoms with Gasteiger partial charge in [-0.15, -0.1) is 0 Å². The summed E-state index contributed by atoms with van der Waals surface area (Å²) in [6, 6.07) is 41.1. The standard InChI is InChI=1S/C39H41N4OP/c1-3-28-26-42-27(2)24-29(28)25-36(42)38(33-22-23-40-35-20-12-10-18-32(33)35)43-39(44)34-19-11-13-21-37(34)45(41-43,30-14-6-4-7-15-30)31-16-8-5-9-17-31/h4-23,27-29,36,38,41,45H,3,24-26H2,1-2H3/t27-,28?,29?,36-,38-/m1/s1. The molecule has 0 spiro atoms. The molecule has 45 heavy (non-hydrogen) atoms. The van der Waals surface area contributed by atoms with E-state index >= 15 is 4.79 Å². The van der Waals surface area contributed by atoms with Gasteiger partial charge in [0.05, 0.1) is 0 Å². The number of nitrogens with zero attached hydrogens (tertiary/aromatic N) is 3. The first kappa shape index (κ1) is 28.6. The Labute approximate surface area is 266 Å². The minimum absolute atomic E-state index is 0.0498. The van der Waals surface area contributed by atoms with Gasteiger partial charge in [-0.3, -0.25) is 0 Å². The summed E-state index contributed by atoms with van der Waals surface area (Å²) in [4.78, 5) is 22.5. The molecule has 1 aromatic heterocycles. The van der Waals surface area contributed by atoms with Gasteiger partial charge in [-0.25, -0.2) is 0 Å². The van der Waals surface area contributed by atoms with Crippen molar-refractivity contribution in [3.63, 3.8) is 0 Å². The Morgan fingerprint density at radius 2 is 1.51 bits per heavy atom. The third kappa shape index (κ3) is 4.55. The Morgan fingerprint density at radius 1 is 0.844 bits per heavy atom. The van der Waals surface area contributed by atoms with Gasteiger partial charge in [-0.2, -0.15) is 0 Å². The Morgan fingerprint density at radius 3 is 2.22 bits per heavy atom. The van der Waals surface area contributed by atoms with Gasteiger partial charge in [0.15, 0.2) is 0 Å². The normalized spacial score (nSPS) is 26.8. The maximum absolute atomic E-state index is 15.0. The predicted octanol–water partition coefficient (Wildman–Crippen LogP) is 6.39. The van der Waals surface area contributed by atoms with Crippen LogP contribution in [0.5, 0.6) is 0 Å². The van der Waals surface area contributed by atoms with Crippen molar-refractivity contribution in [2.75, 3.05) is 6.54 Å². The molecule has 1 N–H and O–H groups in total. The number of carbonyl (C=O) groups excluding carboxylic acids is 1. The first-order chi connectivity index (χ1) is 22.1. The first-order valence-corrected chi connectivity index (χ1v) is 18.5. The van der Waals surface area contributed by atoms with Crippen LogP contribution in [-0.2, 0) is 0 Å². The molecule has 1 amide bonds. The van der Waals surface area contributed by atoms with Crippen LogP contribution in [0.4, 0.5) is 0 Å². The Kier molecular flexibility index (Phi) is 7.29. The SMILES string of the molecule is CCC1C[N@]2[C@H](C)CC1C[C@@H]2[C@@H](c1ccnc2ccccc12)N1N[PH](c2ccccc2)(c2ccccc2)c2ccccc2C1=O. The van der Waals surface area contributed by atoms with E-state index in [0.717, 1.165) is 34.7 Å². The molecule has 4 aromatic carbocycles. The number of nitrogens with one attached hydrogen (secondary N) is 1. The Hall–Kier alpha value is -3.89. The van der Waals surface area contributed by atoms with Crippen LogP contribution < -0.4 is 21.1 Å². The second kappa shape index (κ2) is 11.5. The van der Waals surface area contributed by atoms with E-state index < -0.39 is 7.41 Å². The van der Waals surface area contributed by atoms with Gasteiger partial charge in [-0.1, -0.05) is 0 Å².